The molecule has 2 rings (SSSR count). The van der Waals surface area contributed by atoms with Gasteiger partial charge in [-0.2, -0.15) is 0 Å². The number of benzene rings is 1. The van der Waals surface area contributed by atoms with Gasteiger partial charge in [0.1, 0.15) is 11.7 Å². The van der Waals surface area contributed by atoms with Gasteiger partial charge in [-0.1, -0.05) is 0 Å². The van der Waals surface area contributed by atoms with E-state index in [1.165, 1.54) is 12.1 Å². The molecule has 5 heteroatoms. The van der Waals surface area contributed by atoms with Crippen LogP contribution in [0.15, 0.2) is 23.1 Å². The van der Waals surface area contributed by atoms with Crippen LogP contribution in [0.4, 0.5) is 4.39 Å². The van der Waals surface area contributed by atoms with Crippen molar-refractivity contribution in [1.82, 2.24) is 0 Å². The molecule has 1 aliphatic heterocycles. The zero-order valence-corrected chi connectivity index (χ0v) is 10.2. The summed E-state index contributed by atoms with van der Waals surface area (Å²) in [7, 11) is 0. The van der Waals surface area contributed by atoms with Crippen molar-refractivity contribution in [2.24, 2.45) is 5.73 Å². The molecule has 3 N–H and O–H groups in total. The number of amidine groups is 1. The van der Waals surface area contributed by atoms with Crippen LogP contribution in [-0.4, -0.2) is 24.3 Å². The molecule has 3 nitrogen and oxygen atoms in total. The van der Waals surface area contributed by atoms with E-state index >= 15 is 0 Å². The molecule has 1 aliphatic rings. The maximum Gasteiger partial charge on any atom is 0.124 e. The van der Waals surface area contributed by atoms with E-state index in [1.54, 1.807) is 17.8 Å². The van der Waals surface area contributed by atoms with Gasteiger partial charge in [-0.3, -0.25) is 5.41 Å². The molecule has 1 saturated heterocycles. The highest BCUT2D eigenvalue weighted by Gasteiger charge is 2.17. The highest BCUT2D eigenvalue weighted by atomic mass is 32.2. The minimum absolute atomic E-state index is 0.0978. The molecular formula is C12H15FN2OS. The molecule has 0 spiro atoms. The van der Waals surface area contributed by atoms with E-state index in [4.69, 9.17) is 15.9 Å². The Morgan fingerprint density at radius 3 is 3.06 bits per heavy atom. The largest absolute Gasteiger partial charge is 0.384 e. The lowest BCUT2D eigenvalue weighted by molar-refractivity contribution is 0.129. The minimum Gasteiger partial charge on any atom is -0.384 e. The van der Waals surface area contributed by atoms with Crippen molar-refractivity contribution >= 4 is 17.6 Å². The van der Waals surface area contributed by atoms with Gasteiger partial charge in [-0.15, -0.1) is 11.8 Å². The van der Waals surface area contributed by atoms with Gasteiger partial charge >= 0.3 is 0 Å². The molecule has 1 atom stereocenters. The van der Waals surface area contributed by atoms with Gasteiger partial charge < -0.3 is 10.5 Å². The van der Waals surface area contributed by atoms with E-state index in [1.807, 2.05) is 0 Å². The minimum atomic E-state index is -0.364. The van der Waals surface area contributed by atoms with Crippen LogP contribution in [0.5, 0.6) is 0 Å². The molecule has 0 bridgehead atoms. The van der Waals surface area contributed by atoms with Gasteiger partial charge in [-0.05, 0) is 31.0 Å². The van der Waals surface area contributed by atoms with Crippen LogP contribution in [0.2, 0.25) is 0 Å². The zero-order valence-electron chi connectivity index (χ0n) is 9.41. The molecule has 1 unspecified atom stereocenters. The number of rotatable bonds is 4. The summed E-state index contributed by atoms with van der Waals surface area (Å²) in [6, 6.07) is 4.37. The summed E-state index contributed by atoms with van der Waals surface area (Å²) in [6.07, 6.45) is 2.45. The van der Waals surface area contributed by atoms with E-state index < -0.39 is 0 Å². The SMILES string of the molecule is N=C(N)c1cc(F)ccc1SCC1CCCO1. The summed E-state index contributed by atoms with van der Waals surface area (Å²) in [5.41, 5.74) is 5.90. The second kappa shape index (κ2) is 5.51. The quantitative estimate of drug-likeness (QED) is 0.493. The molecule has 1 aromatic rings. The molecule has 1 heterocycles. The van der Waals surface area contributed by atoms with E-state index in [2.05, 4.69) is 0 Å². The van der Waals surface area contributed by atoms with E-state index in [9.17, 15) is 4.39 Å². The number of ether oxygens (including phenoxy) is 1. The van der Waals surface area contributed by atoms with Crippen molar-refractivity contribution in [2.45, 2.75) is 23.8 Å². The van der Waals surface area contributed by atoms with Gasteiger partial charge in [0.2, 0.25) is 0 Å². The smallest absolute Gasteiger partial charge is 0.124 e. The molecule has 1 fully saturated rings. The normalized spacial score (nSPS) is 19.5. The first-order valence-electron chi connectivity index (χ1n) is 5.55. The van der Waals surface area contributed by atoms with Crippen molar-refractivity contribution in [3.05, 3.63) is 29.6 Å². The number of thioether (sulfide) groups is 1. The summed E-state index contributed by atoms with van der Waals surface area (Å²) < 4.78 is 18.6. The first-order valence-corrected chi connectivity index (χ1v) is 6.53. The molecule has 0 aliphatic carbocycles. The van der Waals surface area contributed by atoms with Crippen molar-refractivity contribution < 1.29 is 9.13 Å². The molecule has 0 amide bonds. The van der Waals surface area contributed by atoms with Gasteiger partial charge in [0.25, 0.3) is 0 Å². The predicted octanol–water partition coefficient (Wildman–Crippen LogP) is 2.38. The summed E-state index contributed by atoms with van der Waals surface area (Å²) in [6.45, 7) is 0.828. The second-order valence-corrected chi connectivity index (χ2v) is 5.06. The topological polar surface area (TPSA) is 59.1 Å². The average Bonchev–Trinajstić information content (AvgIpc) is 2.80. The molecule has 0 aromatic heterocycles. The Bertz CT molecular complexity index is 419. The van der Waals surface area contributed by atoms with Crippen LogP contribution in [0.3, 0.4) is 0 Å². The van der Waals surface area contributed by atoms with Gasteiger partial charge in [0.05, 0.1) is 6.10 Å². The first-order chi connectivity index (χ1) is 8.16. The van der Waals surface area contributed by atoms with Crippen molar-refractivity contribution in [1.29, 1.82) is 5.41 Å². The second-order valence-electron chi connectivity index (χ2n) is 4.00. The van der Waals surface area contributed by atoms with Gasteiger partial charge in [-0.25, -0.2) is 4.39 Å². The lowest BCUT2D eigenvalue weighted by Gasteiger charge is -2.11. The Morgan fingerprint density at radius 1 is 1.59 bits per heavy atom. The molecule has 0 radical (unpaired) electrons. The number of nitrogens with one attached hydrogen (secondary N) is 1. The zero-order chi connectivity index (χ0) is 12.3. The standard InChI is InChI=1S/C12H15FN2OS/c13-8-3-4-11(10(6-8)12(14)15)17-7-9-2-1-5-16-9/h3-4,6,9H,1-2,5,7H2,(H3,14,15). The summed E-state index contributed by atoms with van der Waals surface area (Å²) in [5.74, 6) is 0.363. The summed E-state index contributed by atoms with van der Waals surface area (Å²) >= 11 is 1.57. The predicted molar refractivity (Wildman–Crippen MR) is 67.1 cm³/mol. The number of halogens is 1. The van der Waals surface area contributed by atoms with Crippen LogP contribution in [0, 0.1) is 11.2 Å². The lowest BCUT2D eigenvalue weighted by atomic mass is 10.2. The monoisotopic (exact) mass is 254 g/mol. The number of nitrogen functional groups attached to an aromatic ring is 1. The van der Waals surface area contributed by atoms with E-state index in [-0.39, 0.29) is 17.8 Å². The third-order valence-electron chi connectivity index (χ3n) is 2.68. The number of hydrogen-bond acceptors (Lipinski definition) is 3. The molecule has 92 valence electrons. The third-order valence-corrected chi connectivity index (χ3v) is 3.89. The first kappa shape index (κ1) is 12.4. The van der Waals surface area contributed by atoms with Gasteiger partial charge in [0, 0.05) is 22.8 Å². The van der Waals surface area contributed by atoms with Crippen LogP contribution in [0.1, 0.15) is 18.4 Å². The Morgan fingerprint density at radius 2 is 2.41 bits per heavy atom. The van der Waals surface area contributed by atoms with Gasteiger partial charge in [0.15, 0.2) is 0 Å². The van der Waals surface area contributed by atoms with Crippen LogP contribution < -0.4 is 5.73 Å². The maximum absolute atomic E-state index is 13.1. The maximum atomic E-state index is 13.1. The molecule has 1 aromatic carbocycles. The van der Waals surface area contributed by atoms with Crippen LogP contribution in [-0.2, 0) is 4.74 Å². The van der Waals surface area contributed by atoms with E-state index in [0.29, 0.717) is 5.56 Å². The van der Waals surface area contributed by atoms with Crippen LogP contribution in [0.25, 0.3) is 0 Å². The molecular weight excluding hydrogens is 239 g/mol. The van der Waals surface area contributed by atoms with Crippen molar-refractivity contribution in [2.75, 3.05) is 12.4 Å². The molecule has 0 saturated carbocycles. The average molecular weight is 254 g/mol. The van der Waals surface area contributed by atoms with Crippen molar-refractivity contribution in [3.63, 3.8) is 0 Å². The summed E-state index contributed by atoms with van der Waals surface area (Å²) in [5, 5.41) is 7.43. The fourth-order valence-corrected chi connectivity index (χ4v) is 2.91. The highest BCUT2D eigenvalue weighted by molar-refractivity contribution is 7.99. The Hall–Kier alpha value is -1.07. The Labute approximate surface area is 104 Å². The number of nitrogens with two attached hydrogens (primary N) is 1. The number of hydrogen-bond donors (Lipinski definition) is 2. The van der Waals surface area contributed by atoms with Crippen LogP contribution >= 0.6 is 11.8 Å². The summed E-state index contributed by atoms with van der Waals surface area (Å²) in [4.78, 5) is 0.842. The lowest BCUT2D eigenvalue weighted by Crippen LogP contribution is -2.14. The Kier molecular flexibility index (Phi) is 4.02. The fraction of sp³-hybridized carbons (Fsp3) is 0.417. The van der Waals surface area contributed by atoms with E-state index in [0.717, 1.165) is 30.1 Å². The highest BCUT2D eigenvalue weighted by Crippen LogP contribution is 2.27. The fourth-order valence-electron chi connectivity index (χ4n) is 1.80. The van der Waals surface area contributed by atoms with Crippen molar-refractivity contribution in [3.8, 4) is 0 Å². The third kappa shape index (κ3) is 3.20. The molecule has 17 heavy (non-hydrogen) atoms. The Balaban J connectivity index is 2.06.